The lowest BCUT2D eigenvalue weighted by molar-refractivity contribution is 1.40. The number of nitrogens with zero attached hydrogens (tertiary/aromatic N) is 1. The fourth-order valence-electron chi connectivity index (χ4n) is 4.27. The molecule has 4 aromatic carbocycles. The van der Waals surface area contributed by atoms with Crippen LogP contribution in [-0.4, -0.2) is 10.8 Å². The van der Waals surface area contributed by atoms with Crippen molar-refractivity contribution in [1.82, 2.24) is 4.98 Å². The van der Waals surface area contributed by atoms with Crippen LogP contribution in [0, 0.1) is 12.3 Å². The minimum atomic E-state index is 0.0596. The number of anilines is 1. The first-order valence-electron chi connectivity index (χ1n) is 10.8. The monoisotopic (exact) mass is 428 g/mol. The SMILES string of the molecule is Cc1cc(-c2cc(-c3cccc(C(=N)N)c3)c3cccnc3c2)ccc1-c1ccc(N)cc1. The maximum atomic E-state index is 7.82. The summed E-state index contributed by atoms with van der Waals surface area (Å²) < 4.78 is 0. The van der Waals surface area contributed by atoms with Crippen molar-refractivity contribution in [1.29, 1.82) is 5.41 Å². The van der Waals surface area contributed by atoms with Crippen LogP contribution in [0.5, 0.6) is 0 Å². The van der Waals surface area contributed by atoms with E-state index in [4.69, 9.17) is 16.9 Å². The molecule has 0 spiro atoms. The van der Waals surface area contributed by atoms with Gasteiger partial charge in [0.2, 0.25) is 0 Å². The van der Waals surface area contributed by atoms with Crippen molar-refractivity contribution in [2.45, 2.75) is 6.92 Å². The number of benzene rings is 4. The first-order chi connectivity index (χ1) is 16.0. The molecular formula is C29H24N4. The number of nitrogens with two attached hydrogens (primary N) is 2. The van der Waals surface area contributed by atoms with Crippen LogP contribution in [-0.2, 0) is 0 Å². The number of nitrogens with one attached hydrogen (secondary N) is 1. The number of aryl methyl sites for hydroxylation is 1. The van der Waals surface area contributed by atoms with Gasteiger partial charge in [0.25, 0.3) is 0 Å². The van der Waals surface area contributed by atoms with E-state index in [9.17, 15) is 0 Å². The summed E-state index contributed by atoms with van der Waals surface area (Å²) >= 11 is 0. The molecule has 0 unspecified atom stereocenters. The molecular weight excluding hydrogens is 404 g/mol. The largest absolute Gasteiger partial charge is 0.399 e. The molecule has 4 nitrogen and oxygen atoms in total. The number of fused-ring (bicyclic) bond motifs is 1. The Bertz CT molecular complexity index is 1500. The predicted molar refractivity (Wildman–Crippen MR) is 138 cm³/mol. The zero-order valence-corrected chi connectivity index (χ0v) is 18.3. The van der Waals surface area contributed by atoms with Gasteiger partial charge >= 0.3 is 0 Å². The van der Waals surface area contributed by atoms with Crippen LogP contribution in [0.1, 0.15) is 11.1 Å². The maximum Gasteiger partial charge on any atom is 0.122 e. The van der Waals surface area contributed by atoms with Crippen LogP contribution >= 0.6 is 0 Å². The number of pyridine rings is 1. The van der Waals surface area contributed by atoms with E-state index < -0.39 is 0 Å². The van der Waals surface area contributed by atoms with E-state index >= 15 is 0 Å². The van der Waals surface area contributed by atoms with Gasteiger partial charge in [-0.3, -0.25) is 10.4 Å². The maximum absolute atomic E-state index is 7.82. The number of nitrogen functional groups attached to an aromatic ring is 2. The number of rotatable bonds is 4. The van der Waals surface area contributed by atoms with Gasteiger partial charge in [0, 0.05) is 22.8 Å². The standard InChI is InChI=1S/C29H24N4/c1-18-14-20(9-12-25(18)19-7-10-24(30)11-8-19)23-16-27(26-6-3-13-33-28(26)17-23)21-4-2-5-22(15-21)29(31)32/h2-17H,30H2,1H3,(H3,31,32). The molecule has 5 aromatic rings. The second kappa shape index (κ2) is 8.24. The molecule has 0 aliphatic rings. The third kappa shape index (κ3) is 3.94. The van der Waals surface area contributed by atoms with Crippen molar-refractivity contribution in [3.8, 4) is 33.4 Å². The van der Waals surface area contributed by atoms with Crippen LogP contribution in [0.15, 0.2) is 97.2 Å². The minimum Gasteiger partial charge on any atom is -0.399 e. The Hall–Kier alpha value is -4.44. The molecule has 1 aromatic heterocycles. The fraction of sp³-hybridized carbons (Fsp3) is 0.0345. The zero-order chi connectivity index (χ0) is 22.9. The summed E-state index contributed by atoms with van der Waals surface area (Å²) in [6, 6.07) is 30.7. The van der Waals surface area contributed by atoms with Crippen LogP contribution in [0.4, 0.5) is 5.69 Å². The lowest BCUT2D eigenvalue weighted by Crippen LogP contribution is -2.10. The number of hydrogen-bond acceptors (Lipinski definition) is 3. The van der Waals surface area contributed by atoms with Gasteiger partial charge in [-0.25, -0.2) is 0 Å². The topological polar surface area (TPSA) is 88.8 Å². The van der Waals surface area contributed by atoms with Crippen LogP contribution in [0.25, 0.3) is 44.3 Å². The zero-order valence-electron chi connectivity index (χ0n) is 18.3. The average Bonchev–Trinajstić information content (AvgIpc) is 2.84. The molecule has 0 atom stereocenters. The summed E-state index contributed by atoms with van der Waals surface area (Å²) in [5.74, 6) is 0.0596. The molecule has 0 aliphatic heterocycles. The summed E-state index contributed by atoms with van der Waals surface area (Å²) in [6.45, 7) is 2.13. The van der Waals surface area contributed by atoms with Gasteiger partial charge in [0.1, 0.15) is 5.84 Å². The van der Waals surface area contributed by atoms with Crippen molar-refractivity contribution in [2.75, 3.05) is 5.73 Å². The molecule has 0 aliphatic carbocycles. The van der Waals surface area contributed by atoms with E-state index in [1.165, 1.54) is 11.1 Å². The van der Waals surface area contributed by atoms with Gasteiger partial charge in [0.05, 0.1) is 5.52 Å². The summed E-state index contributed by atoms with van der Waals surface area (Å²) in [5, 5.41) is 8.89. The summed E-state index contributed by atoms with van der Waals surface area (Å²) in [5.41, 5.74) is 21.8. The summed E-state index contributed by atoms with van der Waals surface area (Å²) in [6.07, 6.45) is 1.82. The molecule has 160 valence electrons. The van der Waals surface area contributed by atoms with Crippen LogP contribution in [0.3, 0.4) is 0 Å². The van der Waals surface area contributed by atoms with Gasteiger partial charge in [-0.2, -0.15) is 0 Å². The molecule has 0 radical (unpaired) electrons. The molecule has 0 saturated heterocycles. The van der Waals surface area contributed by atoms with Crippen molar-refractivity contribution in [3.05, 3.63) is 108 Å². The highest BCUT2D eigenvalue weighted by Gasteiger charge is 2.11. The third-order valence-corrected chi connectivity index (χ3v) is 5.99. The predicted octanol–water partition coefficient (Wildman–Crippen LogP) is 6.41. The normalized spacial score (nSPS) is 10.9. The third-order valence-electron chi connectivity index (χ3n) is 5.99. The Morgan fingerprint density at radius 2 is 1.52 bits per heavy atom. The van der Waals surface area contributed by atoms with Crippen molar-refractivity contribution in [3.63, 3.8) is 0 Å². The lowest BCUT2D eigenvalue weighted by atomic mass is 9.92. The van der Waals surface area contributed by atoms with Gasteiger partial charge in [-0.1, -0.05) is 54.6 Å². The van der Waals surface area contributed by atoms with Gasteiger partial charge in [-0.05, 0) is 82.3 Å². The first-order valence-corrected chi connectivity index (χ1v) is 10.8. The molecule has 0 amide bonds. The van der Waals surface area contributed by atoms with E-state index in [0.29, 0.717) is 5.56 Å². The number of hydrogen-bond donors (Lipinski definition) is 3. The van der Waals surface area contributed by atoms with Crippen molar-refractivity contribution < 1.29 is 0 Å². The highest BCUT2D eigenvalue weighted by molar-refractivity contribution is 6.01. The Labute approximate surface area is 193 Å². The highest BCUT2D eigenvalue weighted by atomic mass is 14.7. The highest BCUT2D eigenvalue weighted by Crippen LogP contribution is 2.35. The van der Waals surface area contributed by atoms with Gasteiger partial charge in [0.15, 0.2) is 0 Å². The van der Waals surface area contributed by atoms with E-state index in [-0.39, 0.29) is 5.84 Å². The number of amidine groups is 1. The molecule has 33 heavy (non-hydrogen) atoms. The molecule has 5 rings (SSSR count). The summed E-state index contributed by atoms with van der Waals surface area (Å²) in [7, 11) is 0. The quantitative estimate of drug-likeness (QED) is 0.175. The van der Waals surface area contributed by atoms with Crippen molar-refractivity contribution >= 4 is 22.4 Å². The molecule has 1 heterocycles. The first kappa shape index (κ1) is 20.5. The van der Waals surface area contributed by atoms with Crippen molar-refractivity contribution in [2.24, 2.45) is 5.73 Å². The molecule has 0 saturated carbocycles. The fourth-order valence-corrected chi connectivity index (χ4v) is 4.27. The second-order valence-corrected chi connectivity index (χ2v) is 8.24. The lowest BCUT2D eigenvalue weighted by Gasteiger charge is -2.13. The Balaban J connectivity index is 1.65. The van der Waals surface area contributed by atoms with Crippen LogP contribution < -0.4 is 11.5 Å². The summed E-state index contributed by atoms with van der Waals surface area (Å²) in [4.78, 5) is 4.63. The molecule has 0 bridgehead atoms. The minimum absolute atomic E-state index is 0.0596. The molecule has 4 heteroatoms. The average molecular weight is 429 g/mol. The van der Waals surface area contributed by atoms with Crippen LogP contribution in [0.2, 0.25) is 0 Å². The van der Waals surface area contributed by atoms with Gasteiger partial charge in [-0.15, -0.1) is 0 Å². The van der Waals surface area contributed by atoms with E-state index in [1.807, 2.05) is 48.7 Å². The molecule has 5 N–H and O–H groups in total. The smallest absolute Gasteiger partial charge is 0.122 e. The van der Waals surface area contributed by atoms with E-state index in [2.05, 4.69) is 60.4 Å². The second-order valence-electron chi connectivity index (χ2n) is 8.24. The Kier molecular flexibility index (Phi) is 5.11. The Morgan fingerprint density at radius 3 is 2.27 bits per heavy atom. The van der Waals surface area contributed by atoms with Gasteiger partial charge < -0.3 is 11.5 Å². The van der Waals surface area contributed by atoms with E-state index in [1.54, 1.807) is 0 Å². The van der Waals surface area contributed by atoms with E-state index in [0.717, 1.165) is 44.4 Å². The number of aromatic nitrogens is 1. The molecule has 0 fully saturated rings. The Morgan fingerprint density at radius 1 is 0.727 bits per heavy atom.